The largest absolute Gasteiger partial charge is 0.257 e. The average Bonchev–Trinajstić information content (AvgIpc) is 1.29. The molecule has 0 N–H and O–H groups in total. The molecule has 0 radical (unpaired) electrons. The second kappa shape index (κ2) is 23.2. The van der Waals surface area contributed by atoms with Crippen LogP contribution in [0.4, 0.5) is 0 Å². The van der Waals surface area contributed by atoms with Gasteiger partial charge in [-0.3, -0.25) is 15.0 Å². The normalized spacial score (nSPS) is 17.4. The SMILES string of the molecule is [2H]C([2H])([2H])c1c[n+](C)c(-c2c(C)ccc3c2Cc2nc(C)ccc2-3)cc1C([2H])([2H])C(C)(C)C.[2H]C([2H])([2H])c1c[n+](C)c(-c2c(C)ccc3c2Cc2nc(C)ccc2-3)cc1C([2H])([2H])C(C)C.[2H]C([2H])([2H])c1c[n+](C)c(-c2c(C)ccc3c2Cc2nc(C)ccc2-3)cc1C1([2H])CCCCC1. The van der Waals surface area contributed by atoms with Gasteiger partial charge in [0.15, 0.2) is 18.6 Å². The number of hydrogen-bond donors (Lipinski definition) is 0. The zero-order valence-electron chi connectivity index (χ0n) is 65.8. The molecular formula is C78H91N6+3. The number of aryl methyl sites for hydroxylation is 12. The second-order valence-corrected chi connectivity index (χ2v) is 25.4. The van der Waals surface area contributed by atoms with E-state index in [1.807, 2.05) is 87.7 Å². The number of hydrogen-bond acceptors (Lipinski definition) is 3. The quantitative estimate of drug-likeness (QED) is 0.149. The lowest BCUT2D eigenvalue weighted by Gasteiger charge is -2.23. The van der Waals surface area contributed by atoms with Crippen LogP contribution in [0.5, 0.6) is 0 Å². The van der Waals surface area contributed by atoms with Gasteiger partial charge in [-0.05, 0) is 190 Å². The lowest BCUT2D eigenvalue weighted by Crippen LogP contribution is -2.32. The van der Waals surface area contributed by atoms with Crippen molar-refractivity contribution in [1.29, 1.82) is 0 Å². The monoisotopic (exact) mass is 1130 g/mol. The third-order valence-electron chi connectivity index (χ3n) is 17.2. The Kier molecular flexibility index (Phi) is 11.9. The summed E-state index contributed by atoms with van der Waals surface area (Å²) in [4.78, 5) is 14.3. The summed E-state index contributed by atoms with van der Waals surface area (Å²) in [5.41, 5.74) is 26.5. The molecule has 0 unspecified atom stereocenters. The van der Waals surface area contributed by atoms with E-state index in [2.05, 4.69) is 67.6 Å². The summed E-state index contributed by atoms with van der Waals surface area (Å²) in [5, 5.41) is 0. The Morgan fingerprint density at radius 1 is 0.488 bits per heavy atom. The highest BCUT2D eigenvalue weighted by Gasteiger charge is 2.32. The van der Waals surface area contributed by atoms with Crippen molar-refractivity contribution in [1.82, 2.24) is 15.0 Å². The summed E-state index contributed by atoms with van der Waals surface area (Å²) >= 11 is 0. The molecule has 3 aromatic carbocycles. The lowest BCUT2D eigenvalue weighted by atomic mass is 9.82. The van der Waals surface area contributed by atoms with Crippen molar-refractivity contribution >= 4 is 0 Å². The van der Waals surface area contributed by atoms with E-state index in [-0.39, 0.29) is 28.2 Å². The summed E-state index contributed by atoms with van der Waals surface area (Å²) in [5.74, 6) is -1.22. The fraction of sp³-hybridized carbons (Fsp3) is 0.385. The van der Waals surface area contributed by atoms with Crippen LogP contribution in [0.2, 0.25) is 0 Å². The maximum absolute atomic E-state index is 9.28. The van der Waals surface area contributed by atoms with E-state index >= 15 is 0 Å². The zero-order valence-corrected chi connectivity index (χ0v) is 51.8. The fourth-order valence-corrected chi connectivity index (χ4v) is 13.3. The summed E-state index contributed by atoms with van der Waals surface area (Å²) < 4.78 is 123. The summed E-state index contributed by atoms with van der Waals surface area (Å²) in [6.45, 7) is 14.1. The molecule has 6 nitrogen and oxygen atoms in total. The Labute approximate surface area is 522 Å². The van der Waals surface area contributed by atoms with Crippen LogP contribution in [0.3, 0.4) is 0 Å². The summed E-state index contributed by atoms with van der Waals surface area (Å²) in [6, 6.07) is 30.8. The summed E-state index contributed by atoms with van der Waals surface area (Å²) in [7, 11) is 5.60. The van der Waals surface area contributed by atoms with E-state index in [1.54, 1.807) is 65.3 Å². The van der Waals surface area contributed by atoms with E-state index in [9.17, 15) is 1.37 Å². The van der Waals surface area contributed by atoms with Crippen LogP contribution in [0.15, 0.2) is 110 Å². The van der Waals surface area contributed by atoms with Crippen LogP contribution in [0.25, 0.3) is 67.2 Å². The van der Waals surface area contributed by atoms with Crippen LogP contribution in [0, 0.1) is 73.4 Å². The predicted octanol–water partition coefficient (Wildman–Crippen LogP) is 17.0. The van der Waals surface area contributed by atoms with Crippen LogP contribution in [0.1, 0.15) is 193 Å². The van der Waals surface area contributed by atoms with Gasteiger partial charge >= 0.3 is 0 Å². The molecule has 6 heteroatoms. The van der Waals surface area contributed by atoms with Crippen molar-refractivity contribution in [2.24, 2.45) is 32.5 Å². The molecule has 13 rings (SSSR count). The van der Waals surface area contributed by atoms with Crippen LogP contribution < -0.4 is 13.7 Å². The van der Waals surface area contributed by atoms with E-state index < -0.39 is 44.6 Å². The van der Waals surface area contributed by atoms with Crippen molar-refractivity contribution < 1.29 is 32.9 Å². The number of aromatic nitrogens is 6. The minimum absolute atomic E-state index is 0.0551. The van der Waals surface area contributed by atoms with Gasteiger partial charge < -0.3 is 0 Å². The zero-order chi connectivity index (χ0) is 71.6. The Morgan fingerprint density at radius 2 is 0.857 bits per heavy atom. The second-order valence-electron chi connectivity index (χ2n) is 25.4. The third kappa shape index (κ3) is 11.5. The molecule has 4 aliphatic carbocycles. The molecule has 0 spiro atoms. The number of fused-ring (bicyclic) bond motifs is 9. The highest BCUT2D eigenvalue weighted by molar-refractivity contribution is 5.87. The standard InChI is InChI=1S/C27H31N2.C26H31N2.C25H29N2/c1-17-10-12-21-22-13-11-19(3)28-25(22)14-24(21)27(17)26-15-23(18(2)16-29(26)4)20-8-6-5-7-9-20;1-16-8-10-20-21-11-9-18(3)27-23(21)13-22(20)25(16)24-12-19(14-26(4,5)6)17(2)15-28(24)7;1-15(2)11-19-12-24(27(6)14-17(19)4)25-16(3)7-9-20-21-10-8-18(5)26-23(21)13-22(20)25/h10-13,15-16,20H,5-9,14H2,1-4H3;8-12,15H,13-14H2,1-7H3;7-10,12,14-15H,11,13H2,1-6H3/q3*+1/i2D3,20D;2D3,14D2;4D3,11D2. The van der Waals surface area contributed by atoms with E-state index in [4.69, 9.17) is 32.8 Å². The van der Waals surface area contributed by atoms with Crippen LogP contribution in [-0.4, -0.2) is 15.0 Å². The van der Waals surface area contributed by atoms with Gasteiger partial charge in [0, 0.05) is 107 Å². The van der Waals surface area contributed by atoms with E-state index in [1.165, 1.54) is 16.7 Å². The molecule has 1 fully saturated rings. The first-order valence-electron chi connectivity index (χ1n) is 37.0. The Hall–Kier alpha value is -7.44. The van der Waals surface area contributed by atoms with Gasteiger partial charge in [0.05, 0.1) is 33.8 Å². The number of nitrogens with zero attached hydrogens (tertiary/aromatic N) is 6. The maximum atomic E-state index is 9.28. The molecule has 0 atom stereocenters. The van der Waals surface area contributed by atoms with Gasteiger partial charge in [0.1, 0.15) is 21.1 Å². The van der Waals surface area contributed by atoms with Crippen molar-refractivity contribution in [2.45, 2.75) is 167 Å². The van der Waals surface area contributed by atoms with Gasteiger partial charge in [-0.25, -0.2) is 13.7 Å². The van der Waals surface area contributed by atoms with Crippen LogP contribution >= 0.6 is 0 Å². The molecule has 0 aliphatic heterocycles. The molecule has 6 aromatic heterocycles. The van der Waals surface area contributed by atoms with Gasteiger partial charge in [-0.2, -0.15) is 0 Å². The minimum atomic E-state index is -2.42. The third-order valence-corrected chi connectivity index (χ3v) is 17.2. The average molecular weight is 1130 g/mol. The molecule has 0 saturated heterocycles. The highest BCUT2D eigenvalue weighted by atomic mass is 14.9. The number of pyridine rings is 6. The molecule has 0 bridgehead atoms. The number of rotatable bonds is 7. The van der Waals surface area contributed by atoms with Gasteiger partial charge in [-0.15, -0.1) is 0 Å². The first-order chi connectivity index (χ1) is 45.5. The Bertz CT molecular complexity index is 4680. The van der Waals surface area contributed by atoms with Gasteiger partial charge in [0.25, 0.3) is 0 Å². The summed E-state index contributed by atoms with van der Waals surface area (Å²) in [6.07, 6.45) is 7.97. The smallest absolute Gasteiger partial charge is 0.213 e. The lowest BCUT2D eigenvalue weighted by molar-refractivity contribution is -0.661. The van der Waals surface area contributed by atoms with Gasteiger partial charge in [0.2, 0.25) is 17.1 Å². The predicted molar refractivity (Wildman–Crippen MR) is 347 cm³/mol. The fourth-order valence-electron chi connectivity index (χ4n) is 13.3. The van der Waals surface area contributed by atoms with Crippen molar-refractivity contribution in [3.8, 4) is 67.2 Å². The Balaban J connectivity index is 0.000000149. The number of benzene rings is 3. The van der Waals surface area contributed by atoms with Crippen molar-refractivity contribution in [3.63, 3.8) is 0 Å². The van der Waals surface area contributed by atoms with E-state index in [0.717, 1.165) is 144 Å². The first-order valence-corrected chi connectivity index (χ1v) is 30.0. The highest BCUT2D eigenvalue weighted by Crippen LogP contribution is 2.46. The molecule has 1 saturated carbocycles. The molecule has 9 aromatic rings. The van der Waals surface area contributed by atoms with Crippen LogP contribution in [-0.2, 0) is 53.2 Å². The molecule has 0 amide bonds. The molecular weight excluding hydrogens is 1020 g/mol. The van der Waals surface area contributed by atoms with Crippen molar-refractivity contribution in [2.75, 3.05) is 0 Å². The first kappa shape index (κ1) is 43.2. The van der Waals surface area contributed by atoms with Gasteiger partial charge in [-0.1, -0.05) is 108 Å². The topological polar surface area (TPSA) is 50.3 Å². The van der Waals surface area contributed by atoms with E-state index in [0.29, 0.717) is 36.8 Å². The minimum Gasteiger partial charge on any atom is -0.257 e. The van der Waals surface area contributed by atoms with Crippen molar-refractivity contribution in [3.05, 3.63) is 211 Å². The Morgan fingerprint density at radius 3 is 1.25 bits per heavy atom. The molecule has 430 valence electrons. The molecule has 84 heavy (non-hydrogen) atoms. The molecule has 6 heterocycles. The maximum Gasteiger partial charge on any atom is 0.213 e. The molecule has 4 aliphatic rings.